The van der Waals surface area contributed by atoms with E-state index >= 15 is 0 Å². The summed E-state index contributed by atoms with van der Waals surface area (Å²) in [4.78, 5) is 31.5. The molecule has 0 bridgehead atoms. The Hall–Kier alpha value is -1.59. The van der Waals surface area contributed by atoms with Gasteiger partial charge in [0.1, 0.15) is 6.04 Å². The lowest BCUT2D eigenvalue weighted by atomic mass is 10.1. The summed E-state index contributed by atoms with van der Waals surface area (Å²) in [6.45, 7) is 3.27. The third kappa shape index (κ3) is 5.13. The molecular formula is C8H12NO5. The lowest BCUT2D eigenvalue weighted by Crippen LogP contribution is -2.40. The van der Waals surface area contributed by atoms with Gasteiger partial charge in [0.2, 0.25) is 5.91 Å². The van der Waals surface area contributed by atoms with Gasteiger partial charge in [-0.15, -0.1) is 0 Å². The molecule has 0 aliphatic carbocycles. The number of amides is 1. The molecule has 0 aliphatic rings. The van der Waals surface area contributed by atoms with E-state index in [4.69, 9.17) is 10.2 Å². The van der Waals surface area contributed by atoms with E-state index in [1.54, 1.807) is 0 Å². The van der Waals surface area contributed by atoms with E-state index in [0.29, 0.717) is 0 Å². The Bertz CT molecular complexity index is 238. The number of carbonyl (C=O) groups is 3. The van der Waals surface area contributed by atoms with Crippen molar-refractivity contribution in [2.45, 2.75) is 25.3 Å². The third-order valence-corrected chi connectivity index (χ3v) is 1.51. The molecule has 0 spiro atoms. The molecule has 1 amide bonds. The van der Waals surface area contributed by atoms with Gasteiger partial charge in [0.05, 0.1) is 0 Å². The first kappa shape index (κ1) is 12.4. The van der Waals surface area contributed by atoms with Gasteiger partial charge in [-0.1, -0.05) is 0 Å². The van der Waals surface area contributed by atoms with Crippen LogP contribution < -0.4 is 5.32 Å². The minimum absolute atomic E-state index is 0.0726. The van der Waals surface area contributed by atoms with E-state index < -0.39 is 23.9 Å². The lowest BCUT2D eigenvalue weighted by molar-refractivity contribution is -0.143. The quantitative estimate of drug-likeness (QED) is 0.546. The van der Waals surface area contributed by atoms with Gasteiger partial charge in [-0.2, -0.15) is 0 Å². The summed E-state index contributed by atoms with van der Waals surface area (Å²) < 4.78 is 0. The highest BCUT2D eigenvalue weighted by Gasteiger charge is 2.19. The fourth-order valence-electron chi connectivity index (χ4n) is 0.792. The molecule has 0 fully saturated rings. The van der Waals surface area contributed by atoms with Gasteiger partial charge in [-0.3, -0.25) is 9.59 Å². The van der Waals surface area contributed by atoms with Crippen LogP contribution in [0, 0.1) is 6.92 Å². The fourth-order valence-corrected chi connectivity index (χ4v) is 0.792. The largest absolute Gasteiger partial charge is 0.481 e. The molecule has 0 rings (SSSR count). The summed E-state index contributed by atoms with van der Waals surface area (Å²) >= 11 is 0. The number of nitrogens with one attached hydrogen (secondary N) is 1. The van der Waals surface area contributed by atoms with Crippen molar-refractivity contribution in [3.05, 3.63) is 6.92 Å². The maximum absolute atomic E-state index is 10.8. The van der Waals surface area contributed by atoms with Crippen LogP contribution in [0.1, 0.15) is 19.3 Å². The van der Waals surface area contributed by atoms with E-state index in [1.165, 1.54) is 0 Å². The second-order valence-corrected chi connectivity index (χ2v) is 2.64. The van der Waals surface area contributed by atoms with Crippen LogP contribution in [0.25, 0.3) is 0 Å². The topological polar surface area (TPSA) is 104 Å². The first-order valence-corrected chi connectivity index (χ1v) is 4.00. The maximum atomic E-state index is 10.8. The molecule has 0 aromatic heterocycles. The van der Waals surface area contributed by atoms with Crippen LogP contribution in [0.15, 0.2) is 0 Å². The van der Waals surface area contributed by atoms with Crippen LogP contribution in [0.2, 0.25) is 0 Å². The Morgan fingerprint density at radius 2 is 1.86 bits per heavy atom. The normalized spacial score (nSPS) is 11.8. The monoisotopic (exact) mass is 202 g/mol. The number of carboxylic acids is 2. The molecule has 14 heavy (non-hydrogen) atoms. The highest BCUT2D eigenvalue weighted by Crippen LogP contribution is 1.98. The standard InChI is InChI=1S/C8H12NO5/c1-2-6(10)9-5(8(13)14)3-4-7(11)12/h5H,1-4H2,(H,9,10)(H,11,12)(H,13,14). The molecule has 79 valence electrons. The van der Waals surface area contributed by atoms with Crippen molar-refractivity contribution < 1.29 is 24.6 Å². The van der Waals surface area contributed by atoms with Gasteiger partial charge in [-0.05, 0) is 13.3 Å². The van der Waals surface area contributed by atoms with E-state index in [2.05, 4.69) is 12.2 Å². The smallest absolute Gasteiger partial charge is 0.326 e. The molecule has 0 aromatic carbocycles. The van der Waals surface area contributed by atoms with E-state index in [0.717, 1.165) is 0 Å². The van der Waals surface area contributed by atoms with Gasteiger partial charge in [0.15, 0.2) is 0 Å². The Kier molecular flexibility index (Phi) is 5.28. The van der Waals surface area contributed by atoms with Crippen molar-refractivity contribution in [2.24, 2.45) is 0 Å². The minimum atomic E-state index is -1.24. The molecule has 3 N–H and O–H groups in total. The van der Waals surface area contributed by atoms with E-state index in [-0.39, 0.29) is 19.3 Å². The number of aliphatic carboxylic acids is 2. The molecule has 6 heteroatoms. The zero-order valence-electron chi connectivity index (χ0n) is 7.52. The Morgan fingerprint density at radius 3 is 2.21 bits per heavy atom. The number of carboxylic acid groups (broad SMARTS) is 2. The van der Waals surface area contributed by atoms with Gasteiger partial charge >= 0.3 is 11.9 Å². The number of hydrogen-bond acceptors (Lipinski definition) is 3. The molecule has 0 heterocycles. The van der Waals surface area contributed by atoms with Crippen LogP contribution in [0.5, 0.6) is 0 Å². The SMILES string of the molecule is [CH2]CC(=O)NC(CCC(=O)O)C(=O)O. The fraction of sp³-hybridized carbons (Fsp3) is 0.500. The zero-order chi connectivity index (χ0) is 11.1. The predicted octanol–water partition coefficient (Wildman–Crippen LogP) is -0.355. The van der Waals surface area contributed by atoms with Crippen molar-refractivity contribution in [1.82, 2.24) is 5.32 Å². The number of rotatable bonds is 6. The Morgan fingerprint density at radius 1 is 1.29 bits per heavy atom. The predicted molar refractivity (Wildman–Crippen MR) is 46.4 cm³/mol. The molecule has 0 aromatic rings. The molecular weight excluding hydrogens is 190 g/mol. The van der Waals surface area contributed by atoms with Crippen molar-refractivity contribution in [3.63, 3.8) is 0 Å². The minimum Gasteiger partial charge on any atom is -0.481 e. The molecule has 0 aliphatic heterocycles. The summed E-state index contributed by atoms with van der Waals surface area (Å²) in [7, 11) is 0. The first-order chi connectivity index (χ1) is 6.47. The van der Waals surface area contributed by atoms with E-state index in [9.17, 15) is 14.4 Å². The van der Waals surface area contributed by atoms with Gasteiger partial charge in [0.25, 0.3) is 0 Å². The molecule has 6 nitrogen and oxygen atoms in total. The van der Waals surface area contributed by atoms with Gasteiger partial charge in [-0.25, -0.2) is 4.79 Å². The first-order valence-electron chi connectivity index (χ1n) is 4.00. The summed E-state index contributed by atoms with van der Waals surface area (Å²) in [5.41, 5.74) is 0. The molecule has 0 saturated carbocycles. The number of hydrogen-bond donors (Lipinski definition) is 3. The molecule has 1 unspecified atom stereocenters. The summed E-state index contributed by atoms with van der Waals surface area (Å²) in [6.07, 6.45) is -0.498. The van der Waals surface area contributed by atoms with Crippen molar-refractivity contribution in [1.29, 1.82) is 0 Å². The highest BCUT2D eigenvalue weighted by atomic mass is 16.4. The Labute approximate surface area is 80.9 Å². The second-order valence-electron chi connectivity index (χ2n) is 2.64. The zero-order valence-corrected chi connectivity index (χ0v) is 7.52. The lowest BCUT2D eigenvalue weighted by Gasteiger charge is -2.12. The maximum Gasteiger partial charge on any atom is 0.326 e. The molecule has 1 atom stereocenters. The highest BCUT2D eigenvalue weighted by molar-refractivity contribution is 5.84. The van der Waals surface area contributed by atoms with Crippen molar-refractivity contribution in [2.75, 3.05) is 0 Å². The van der Waals surface area contributed by atoms with Crippen LogP contribution in [0.3, 0.4) is 0 Å². The molecule has 0 saturated heterocycles. The molecule has 1 radical (unpaired) electrons. The van der Waals surface area contributed by atoms with E-state index in [1.807, 2.05) is 0 Å². The number of carbonyl (C=O) groups excluding carboxylic acids is 1. The third-order valence-electron chi connectivity index (χ3n) is 1.51. The second kappa shape index (κ2) is 5.95. The average molecular weight is 202 g/mol. The summed E-state index contributed by atoms with van der Waals surface area (Å²) in [5, 5.41) is 19.1. The van der Waals surface area contributed by atoms with Gasteiger partial charge < -0.3 is 15.5 Å². The van der Waals surface area contributed by atoms with Crippen LogP contribution >= 0.6 is 0 Å². The summed E-state index contributed by atoms with van der Waals surface area (Å²) in [6, 6.07) is -1.15. The van der Waals surface area contributed by atoms with Crippen LogP contribution in [0.4, 0.5) is 0 Å². The van der Waals surface area contributed by atoms with Crippen LogP contribution in [-0.2, 0) is 14.4 Å². The average Bonchev–Trinajstić information content (AvgIpc) is 2.10. The van der Waals surface area contributed by atoms with Crippen molar-refractivity contribution >= 4 is 17.8 Å². The summed E-state index contributed by atoms with van der Waals surface area (Å²) in [5.74, 6) is -2.85. The van der Waals surface area contributed by atoms with Crippen molar-refractivity contribution in [3.8, 4) is 0 Å². The van der Waals surface area contributed by atoms with Gasteiger partial charge in [0, 0.05) is 12.8 Å². The Balaban J connectivity index is 4.09. The van der Waals surface area contributed by atoms with Crippen LogP contribution in [-0.4, -0.2) is 34.1 Å².